The molecule has 0 spiro atoms. The Balaban J connectivity index is 1.59. The Hall–Kier alpha value is -2.83. The summed E-state index contributed by atoms with van der Waals surface area (Å²) in [6, 6.07) is 13.0. The Labute approximate surface area is 191 Å². The van der Waals surface area contributed by atoms with E-state index >= 15 is 0 Å². The van der Waals surface area contributed by atoms with Crippen molar-refractivity contribution in [3.8, 4) is 22.8 Å². The molecule has 0 aliphatic heterocycles. The summed E-state index contributed by atoms with van der Waals surface area (Å²) in [5, 5.41) is 5.90. The number of anilines is 1. The molecule has 0 aliphatic carbocycles. The minimum atomic E-state index is -0.254. The highest BCUT2D eigenvalue weighted by Crippen LogP contribution is 2.29. The largest absolute Gasteiger partial charge is 0.493 e. The number of carbonyl (C=O) groups excluding carboxylic acids is 1. The first-order chi connectivity index (χ1) is 15.1. The van der Waals surface area contributed by atoms with Gasteiger partial charge in [0.15, 0.2) is 16.6 Å². The Morgan fingerprint density at radius 3 is 2.71 bits per heavy atom. The van der Waals surface area contributed by atoms with Gasteiger partial charge in [0, 0.05) is 22.0 Å². The first kappa shape index (κ1) is 22.8. The number of ether oxygens (including phenoxy) is 2. The minimum Gasteiger partial charge on any atom is -0.493 e. The van der Waals surface area contributed by atoms with Crippen LogP contribution in [0.25, 0.3) is 17.3 Å². The van der Waals surface area contributed by atoms with Crippen LogP contribution in [0.1, 0.15) is 31.7 Å². The maximum Gasteiger partial charge on any atom is 0.250 e. The molecule has 3 rings (SSSR count). The van der Waals surface area contributed by atoms with Crippen molar-refractivity contribution < 1.29 is 14.3 Å². The average Bonchev–Trinajstić information content (AvgIpc) is 3.24. The molecule has 31 heavy (non-hydrogen) atoms. The number of aromatic nitrogens is 1. The van der Waals surface area contributed by atoms with Crippen molar-refractivity contribution >= 4 is 40.1 Å². The number of nitrogens with zero attached hydrogens (tertiary/aromatic N) is 1. The lowest BCUT2D eigenvalue weighted by molar-refractivity contribution is -0.111. The third kappa shape index (κ3) is 6.84. The van der Waals surface area contributed by atoms with E-state index in [2.05, 4.69) is 17.2 Å². The number of methoxy groups -OCH3 is 1. The van der Waals surface area contributed by atoms with Gasteiger partial charge in [-0.3, -0.25) is 10.1 Å². The summed E-state index contributed by atoms with van der Waals surface area (Å²) >= 11 is 7.29. The van der Waals surface area contributed by atoms with E-state index in [9.17, 15) is 4.79 Å². The predicted molar refractivity (Wildman–Crippen MR) is 128 cm³/mol. The van der Waals surface area contributed by atoms with E-state index < -0.39 is 0 Å². The highest BCUT2D eigenvalue weighted by Gasteiger charge is 2.08. The van der Waals surface area contributed by atoms with Gasteiger partial charge < -0.3 is 9.47 Å². The zero-order valence-electron chi connectivity index (χ0n) is 17.6. The zero-order chi connectivity index (χ0) is 22.1. The fourth-order valence-electron chi connectivity index (χ4n) is 2.84. The molecule has 7 heteroatoms. The monoisotopic (exact) mass is 456 g/mol. The molecule has 2 aromatic carbocycles. The van der Waals surface area contributed by atoms with Gasteiger partial charge >= 0.3 is 0 Å². The first-order valence-electron chi connectivity index (χ1n) is 10.1. The summed E-state index contributed by atoms with van der Waals surface area (Å²) in [5.74, 6) is 1.10. The van der Waals surface area contributed by atoms with Gasteiger partial charge in [0.05, 0.1) is 19.4 Å². The molecule has 162 valence electrons. The number of amides is 1. The van der Waals surface area contributed by atoms with Crippen LogP contribution in [0.2, 0.25) is 5.02 Å². The molecule has 0 radical (unpaired) electrons. The van der Waals surface area contributed by atoms with E-state index in [0.717, 1.165) is 36.1 Å². The number of thiazole rings is 1. The fraction of sp³-hybridized carbons (Fsp3) is 0.250. The molecular formula is C24H25ClN2O3S. The SMILES string of the molecule is CCCCCOc1ccc(C=CC(=O)Nc2nc(-c3ccc(Cl)cc3)cs2)cc1OC. The first-order valence-corrected chi connectivity index (χ1v) is 11.4. The molecule has 0 saturated carbocycles. The molecule has 1 amide bonds. The Morgan fingerprint density at radius 1 is 1.16 bits per heavy atom. The molecule has 0 aliphatic rings. The number of rotatable bonds is 10. The minimum absolute atomic E-state index is 0.254. The second-order valence-corrected chi connectivity index (χ2v) is 8.13. The number of halogens is 1. The number of nitrogens with one attached hydrogen (secondary N) is 1. The zero-order valence-corrected chi connectivity index (χ0v) is 19.1. The summed E-state index contributed by atoms with van der Waals surface area (Å²) in [5.41, 5.74) is 2.58. The van der Waals surface area contributed by atoms with Gasteiger partial charge in [-0.25, -0.2) is 4.98 Å². The van der Waals surface area contributed by atoms with Crippen LogP contribution >= 0.6 is 22.9 Å². The van der Waals surface area contributed by atoms with E-state index in [1.54, 1.807) is 13.2 Å². The highest BCUT2D eigenvalue weighted by atomic mass is 35.5. The molecule has 0 unspecified atom stereocenters. The van der Waals surface area contributed by atoms with Gasteiger partial charge in [0.1, 0.15) is 0 Å². The molecule has 5 nitrogen and oxygen atoms in total. The molecule has 1 heterocycles. The lowest BCUT2D eigenvalue weighted by atomic mass is 10.2. The molecule has 0 atom stereocenters. The Bertz CT molecular complexity index is 1030. The van der Waals surface area contributed by atoms with Crippen LogP contribution in [0.15, 0.2) is 53.9 Å². The van der Waals surface area contributed by atoms with Crippen LogP contribution in [0.4, 0.5) is 5.13 Å². The van der Waals surface area contributed by atoms with Crippen LogP contribution in [0, 0.1) is 0 Å². The normalized spacial score (nSPS) is 10.9. The molecule has 3 aromatic rings. The molecule has 0 saturated heterocycles. The molecule has 1 aromatic heterocycles. The summed E-state index contributed by atoms with van der Waals surface area (Å²) in [7, 11) is 1.61. The predicted octanol–water partition coefficient (Wildman–Crippen LogP) is 6.69. The lowest BCUT2D eigenvalue weighted by Crippen LogP contribution is -2.07. The van der Waals surface area contributed by atoms with Gasteiger partial charge in [0.2, 0.25) is 5.91 Å². The third-order valence-corrected chi connectivity index (χ3v) is 5.50. The Kier molecular flexibility index (Phi) is 8.50. The van der Waals surface area contributed by atoms with E-state index in [-0.39, 0.29) is 5.91 Å². The third-order valence-electron chi connectivity index (χ3n) is 4.49. The van der Waals surface area contributed by atoms with Crippen LogP contribution in [0.5, 0.6) is 11.5 Å². The van der Waals surface area contributed by atoms with E-state index in [1.807, 2.05) is 47.8 Å². The van der Waals surface area contributed by atoms with Gasteiger partial charge in [-0.05, 0) is 42.3 Å². The summed E-state index contributed by atoms with van der Waals surface area (Å²) in [6.45, 7) is 2.82. The van der Waals surface area contributed by atoms with Crippen molar-refractivity contribution in [1.82, 2.24) is 4.98 Å². The average molecular weight is 457 g/mol. The number of unbranched alkanes of at least 4 members (excludes halogenated alkanes) is 2. The summed E-state index contributed by atoms with van der Waals surface area (Å²) in [4.78, 5) is 16.8. The van der Waals surface area contributed by atoms with E-state index in [0.29, 0.717) is 28.3 Å². The van der Waals surface area contributed by atoms with Crippen molar-refractivity contribution in [2.24, 2.45) is 0 Å². The second kappa shape index (κ2) is 11.5. The maximum absolute atomic E-state index is 12.3. The number of carbonyl (C=O) groups is 1. The molecular weight excluding hydrogens is 432 g/mol. The standard InChI is InChI=1S/C24H25ClN2O3S/c1-3-4-5-14-30-21-12-6-17(15-22(21)29-2)7-13-23(28)27-24-26-20(16-31-24)18-8-10-19(25)11-9-18/h6-13,15-16H,3-5,14H2,1-2H3,(H,26,27,28). The number of hydrogen-bond acceptors (Lipinski definition) is 5. The van der Waals surface area contributed by atoms with Crippen molar-refractivity contribution in [2.75, 3.05) is 19.0 Å². The van der Waals surface area contributed by atoms with Crippen LogP contribution in [-0.2, 0) is 4.79 Å². The molecule has 0 bridgehead atoms. The molecule has 0 fully saturated rings. The van der Waals surface area contributed by atoms with Gasteiger partial charge in [-0.15, -0.1) is 11.3 Å². The number of hydrogen-bond donors (Lipinski definition) is 1. The van der Waals surface area contributed by atoms with Crippen LogP contribution in [0.3, 0.4) is 0 Å². The summed E-state index contributed by atoms with van der Waals surface area (Å²) < 4.78 is 11.2. The topological polar surface area (TPSA) is 60.5 Å². The maximum atomic E-state index is 12.3. The number of benzene rings is 2. The fourth-order valence-corrected chi connectivity index (χ4v) is 3.69. The van der Waals surface area contributed by atoms with Crippen LogP contribution < -0.4 is 14.8 Å². The van der Waals surface area contributed by atoms with Crippen molar-refractivity contribution in [3.05, 3.63) is 64.5 Å². The highest BCUT2D eigenvalue weighted by molar-refractivity contribution is 7.14. The Morgan fingerprint density at radius 2 is 1.97 bits per heavy atom. The van der Waals surface area contributed by atoms with Crippen LogP contribution in [-0.4, -0.2) is 24.6 Å². The van der Waals surface area contributed by atoms with Gasteiger partial charge in [-0.2, -0.15) is 0 Å². The van der Waals surface area contributed by atoms with Crippen molar-refractivity contribution in [1.29, 1.82) is 0 Å². The van der Waals surface area contributed by atoms with Crippen molar-refractivity contribution in [3.63, 3.8) is 0 Å². The molecule has 1 N–H and O–H groups in total. The van der Waals surface area contributed by atoms with Crippen molar-refractivity contribution in [2.45, 2.75) is 26.2 Å². The van der Waals surface area contributed by atoms with E-state index in [4.69, 9.17) is 21.1 Å². The van der Waals surface area contributed by atoms with E-state index in [1.165, 1.54) is 17.4 Å². The quantitative estimate of drug-likeness (QED) is 0.272. The smallest absolute Gasteiger partial charge is 0.250 e. The van der Waals surface area contributed by atoms with Gasteiger partial charge in [0.25, 0.3) is 0 Å². The summed E-state index contributed by atoms with van der Waals surface area (Å²) in [6.07, 6.45) is 6.50. The lowest BCUT2D eigenvalue weighted by Gasteiger charge is -2.11. The second-order valence-electron chi connectivity index (χ2n) is 6.83. The van der Waals surface area contributed by atoms with Gasteiger partial charge in [-0.1, -0.05) is 49.6 Å².